The standard InChI is InChI=1S/C8H9N3S/c1-5-3-6-4-9-11(2)7(6)8(12)10-5/h3-4H,1-2H3,(H,10,12). The van der Waals surface area contributed by atoms with Crippen LogP contribution in [0.4, 0.5) is 0 Å². The van der Waals surface area contributed by atoms with Crippen LogP contribution in [-0.4, -0.2) is 14.8 Å². The van der Waals surface area contributed by atoms with Crippen molar-refractivity contribution in [3.63, 3.8) is 0 Å². The van der Waals surface area contributed by atoms with Crippen molar-refractivity contribution in [1.29, 1.82) is 0 Å². The van der Waals surface area contributed by atoms with Gasteiger partial charge in [0.25, 0.3) is 0 Å². The predicted molar refractivity (Wildman–Crippen MR) is 50.6 cm³/mol. The van der Waals surface area contributed by atoms with E-state index in [1.807, 2.05) is 26.2 Å². The lowest BCUT2D eigenvalue weighted by atomic mass is 10.3. The molecule has 0 atom stereocenters. The van der Waals surface area contributed by atoms with E-state index < -0.39 is 0 Å². The number of H-pyrrole nitrogens is 1. The molecular formula is C8H9N3S. The molecular weight excluding hydrogens is 170 g/mol. The minimum Gasteiger partial charge on any atom is -0.349 e. The summed E-state index contributed by atoms with van der Waals surface area (Å²) in [6.45, 7) is 1.99. The zero-order valence-corrected chi connectivity index (χ0v) is 7.77. The molecule has 0 aliphatic carbocycles. The Bertz CT molecular complexity index is 480. The van der Waals surface area contributed by atoms with Crippen molar-refractivity contribution in [1.82, 2.24) is 14.8 Å². The van der Waals surface area contributed by atoms with Gasteiger partial charge in [0.2, 0.25) is 0 Å². The quantitative estimate of drug-likeness (QED) is 0.627. The van der Waals surface area contributed by atoms with Gasteiger partial charge in [-0.15, -0.1) is 0 Å². The number of pyridine rings is 1. The minimum atomic E-state index is 0.755. The largest absolute Gasteiger partial charge is 0.349 e. The van der Waals surface area contributed by atoms with Crippen LogP contribution >= 0.6 is 12.2 Å². The van der Waals surface area contributed by atoms with E-state index in [2.05, 4.69) is 10.1 Å². The zero-order chi connectivity index (χ0) is 8.72. The second-order valence-electron chi connectivity index (χ2n) is 2.85. The summed E-state index contributed by atoms with van der Waals surface area (Å²) in [4.78, 5) is 3.09. The fraction of sp³-hybridized carbons (Fsp3) is 0.250. The van der Waals surface area contributed by atoms with E-state index in [4.69, 9.17) is 12.2 Å². The fourth-order valence-electron chi connectivity index (χ4n) is 1.35. The molecule has 4 heteroatoms. The molecule has 0 bridgehead atoms. The Balaban J connectivity index is 3.03. The van der Waals surface area contributed by atoms with Gasteiger partial charge in [0.15, 0.2) is 0 Å². The molecule has 1 N–H and O–H groups in total. The molecule has 0 amide bonds. The van der Waals surface area contributed by atoms with Crippen LogP contribution in [0.5, 0.6) is 0 Å². The van der Waals surface area contributed by atoms with Gasteiger partial charge in [-0.1, -0.05) is 12.2 Å². The van der Waals surface area contributed by atoms with Crippen molar-refractivity contribution in [2.45, 2.75) is 6.92 Å². The summed E-state index contributed by atoms with van der Waals surface area (Å²) in [7, 11) is 1.89. The Morgan fingerprint density at radius 2 is 2.33 bits per heavy atom. The Morgan fingerprint density at radius 3 is 3.08 bits per heavy atom. The maximum absolute atomic E-state index is 5.17. The summed E-state index contributed by atoms with van der Waals surface area (Å²) < 4.78 is 2.54. The van der Waals surface area contributed by atoms with Crippen LogP contribution < -0.4 is 0 Å². The molecule has 0 radical (unpaired) electrons. The topological polar surface area (TPSA) is 33.6 Å². The van der Waals surface area contributed by atoms with E-state index in [9.17, 15) is 0 Å². The fourth-order valence-corrected chi connectivity index (χ4v) is 1.76. The highest BCUT2D eigenvalue weighted by molar-refractivity contribution is 7.71. The van der Waals surface area contributed by atoms with Crippen LogP contribution in [0.2, 0.25) is 0 Å². The average molecular weight is 179 g/mol. The van der Waals surface area contributed by atoms with Crippen LogP contribution in [-0.2, 0) is 7.05 Å². The number of aryl methyl sites for hydroxylation is 2. The number of hydrogen-bond donors (Lipinski definition) is 1. The molecule has 2 rings (SSSR count). The summed E-state index contributed by atoms with van der Waals surface area (Å²) >= 11 is 5.17. The molecule has 2 aromatic rings. The second kappa shape index (κ2) is 2.42. The van der Waals surface area contributed by atoms with Crippen molar-refractivity contribution in [2.24, 2.45) is 7.05 Å². The van der Waals surface area contributed by atoms with E-state index in [1.54, 1.807) is 4.68 Å². The van der Waals surface area contributed by atoms with E-state index in [-0.39, 0.29) is 0 Å². The van der Waals surface area contributed by atoms with Gasteiger partial charge < -0.3 is 4.98 Å². The summed E-state index contributed by atoms with van der Waals surface area (Å²) in [5, 5.41) is 5.22. The van der Waals surface area contributed by atoms with Gasteiger partial charge in [0.05, 0.1) is 6.20 Å². The van der Waals surface area contributed by atoms with Crippen LogP contribution in [0.15, 0.2) is 12.3 Å². The highest BCUT2D eigenvalue weighted by Gasteiger charge is 2.00. The Kier molecular flexibility index (Phi) is 1.51. The zero-order valence-electron chi connectivity index (χ0n) is 6.96. The Labute approximate surface area is 75.0 Å². The molecule has 0 aliphatic heterocycles. The molecule has 62 valence electrons. The number of nitrogens with one attached hydrogen (secondary N) is 1. The van der Waals surface area contributed by atoms with Crippen molar-refractivity contribution >= 4 is 23.1 Å². The first-order chi connectivity index (χ1) is 5.68. The van der Waals surface area contributed by atoms with Gasteiger partial charge in [-0.3, -0.25) is 4.68 Å². The summed E-state index contributed by atoms with van der Waals surface area (Å²) in [5.41, 5.74) is 2.07. The van der Waals surface area contributed by atoms with Gasteiger partial charge in [-0.05, 0) is 13.0 Å². The molecule has 3 nitrogen and oxygen atoms in total. The van der Waals surface area contributed by atoms with Gasteiger partial charge in [0, 0.05) is 18.1 Å². The molecule has 0 aliphatic rings. The van der Waals surface area contributed by atoms with Crippen LogP contribution in [0, 0.1) is 11.6 Å². The lowest BCUT2D eigenvalue weighted by Gasteiger charge is -1.96. The molecule has 0 saturated heterocycles. The Morgan fingerprint density at radius 1 is 1.58 bits per heavy atom. The van der Waals surface area contributed by atoms with Crippen LogP contribution in [0.1, 0.15) is 5.69 Å². The summed E-state index contributed by atoms with van der Waals surface area (Å²) in [6.07, 6.45) is 1.83. The first-order valence-corrected chi connectivity index (χ1v) is 4.11. The smallest absolute Gasteiger partial charge is 0.129 e. The number of rotatable bonds is 0. The van der Waals surface area contributed by atoms with Crippen molar-refractivity contribution in [3.05, 3.63) is 22.6 Å². The highest BCUT2D eigenvalue weighted by Crippen LogP contribution is 2.13. The van der Waals surface area contributed by atoms with Crippen molar-refractivity contribution in [3.8, 4) is 0 Å². The van der Waals surface area contributed by atoms with Crippen molar-refractivity contribution in [2.75, 3.05) is 0 Å². The van der Waals surface area contributed by atoms with Gasteiger partial charge in [-0.25, -0.2) is 0 Å². The highest BCUT2D eigenvalue weighted by atomic mass is 32.1. The Hall–Kier alpha value is -1.16. The molecule has 0 aromatic carbocycles. The molecule has 12 heavy (non-hydrogen) atoms. The van der Waals surface area contributed by atoms with Crippen LogP contribution in [0.3, 0.4) is 0 Å². The van der Waals surface area contributed by atoms with Crippen LogP contribution in [0.25, 0.3) is 10.9 Å². The normalized spacial score (nSPS) is 10.8. The monoisotopic (exact) mass is 179 g/mol. The van der Waals surface area contributed by atoms with Gasteiger partial charge >= 0.3 is 0 Å². The summed E-state index contributed by atoms with van der Waals surface area (Å²) in [5.74, 6) is 0. The number of nitrogens with zero attached hydrogens (tertiary/aromatic N) is 2. The molecule has 0 spiro atoms. The maximum atomic E-state index is 5.17. The van der Waals surface area contributed by atoms with Crippen molar-refractivity contribution < 1.29 is 0 Å². The number of aromatic amines is 1. The first kappa shape index (κ1) is 7.49. The van der Waals surface area contributed by atoms with E-state index in [1.165, 1.54) is 0 Å². The minimum absolute atomic E-state index is 0.755. The van der Waals surface area contributed by atoms with Gasteiger partial charge in [0.1, 0.15) is 10.2 Å². The first-order valence-electron chi connectivity index (χ1n) is 3.70. The number of aromatic nitrogens is 3. The SMILES string of the molecule is Cc1cc2cnn(C)c2c(=S)[nH]1. The maximum Gasteiger partial charge on any atom is 0.129 e. The second-order valence-corrected chi connectivity index (χ2v) is 3.26. The molecule has 2 aromatic heterocycles. The molecule has 0 fully saturated rings. The van der Waals surface area contributed by atoms with E-state index >= 15 is 0 Å². The lowest BCUT2D eigenvalue weighted by molar-refractivity contribution is 0.794. The lowest BCUT2D eigenvalue weighted by Crippen LogP contribution is -1.91. The third kappa shape index (κ3) is 0.956. The van der Waals surface area contributed by atoms with E-state index in [0.29, 0.717) is 0 Å². The number of fused-ring (bicyclic) bond motifs is 1. The van der Waals surface area contributed by atoms with Gasteiger partial charge in [-0.2, -0.15) is 5.10 Å². The summed E-state index contributed by atoms with van der Waals surface area (Å²) in [6, 6.07) is 2.04. The third-order valence-corrected chi connectivity index (χ3v) is 2.16. The van der Waals surface area contributed by atoms with E-state index in [0.717, 1.165) is 21.2 Å². The molecule has 0 saturated carbocycles. The molecule has 2 heterocycles. The molecule has 0 unspecified atom stereocenters. The average Bonchev–Trinajstić information content (AvgIpc) is 2.31. The third-order valence-electron chi connectivity index (χ3n) is 1.86. The predicted octanol–water partition coefficient (Wildman–Crippen LogP) is 1.94. The number of hydrogen-bond acceptors (Lipinski definition) is 2.